The Morgan fingerprint density at radius 2 is 2.05 bits per heavy atom. The van der Waals surface area contributed by atoms with Crippen LogP contribution in [0.4, 0.5) is 11.6 Å². The maximum absolute atomic E-state index is 11.9. The van der Waals surface area contributed by atoms with Gasteiger partial charge in [0.1, 0.15) is 5.69 Å². The van der Waals surface area contributed by atoms with E-state index in [0.29, 0.717) is 24.8 Å². The number of hydrogen-bond donors (Lipinski definition) is 2. The van der Waals surface area contributed by atoms with Gasteiger partial charge < -0.3 is 15.4 Å². The van der Waals surface area contributed by atoms with Crippen LogP contribution >= 0.6 is 15.9 Å². The lowest BCUT2D eigenvalue weighted by molar-refractivity contribution is 0.0932. The molecule has 2 rings (SSSR count). The highest BCUT2D eigenvalue weighted by molar-refractivity contribution is 9.10. The van der Waals surface area contributed by atoms with Crippen molar-refractivity contribution in [1.82, 2.24) is 15.3 Å². The predicted octanol–water partition coefficient (Wildman–Crippen LogP) is 2.36. The van der Waals surface area contributed by atoms with E-state index < -0.39 is 0 Å². The van der Waals surface area contributed by atoms with Gasteiger partial charge in [-0.25, -0.2) is 9.97 Å². The van der Waals surface area contributed by atoms with Crippen molar-refractivity contribution in [2.75, 3.05) is 25.6 Å². The smallest absolute Gasteiger partial charge is 0.270 e. The number of benzene rings is 1. The average Bonchev–Trinajstić information content (AvgIpc) is 2.50. The number of hydrogen-bond acceptors (Lipinski definition) is 5. The molecule has 0 saturated carbocycles. The molecule has 0 aliphatic carbocycles. The predicted molar refractivity (Wildman–Crippen MR) is 83.7 cm³/mol. The van der Waals surface area contributed by atoms with Gasteiger partial charge in [-0.1, -0.05) is 15.9 Å². The fraction of sp³-hybridized carbons (Fsp3) is 0.214. The summed E-state index contributed by atoms with van der Waals surface area (Å²) in [5.41, 5.74) is 1.15. The minimum Gasteiger partial charge on any atom is -0.383 e. The molecular formula is C14H15BrN4O2. The van der Waals surface area contributed by atoms with Crippen LogP contribution in [0.3, 0.4) is 0 Å². The molecule has 0 saturated heterocycles. The molecule has 0 spiro atoms. The molecule has 0 aliphatic heterocycles. The van der Waals surface area contributed by atoms with Gasteiger partial charge in [0, 0.05) is 30.0 Å². The van der Waals surface area contributed by atoms with Gasteiger partial charge in [-0.15, -0.1) is 0 Å². The molecule has 0 unspecified atom stereocenters. The van der Waals surface area contributed by atoms with Crippen LogP contribution in [0.5, 0.6) is 0 Å². The molecule has 21 heavy (non-hydrogen) atoms. The number of methoxy groups -OCH3 is 1. The van der Waals surface area contributed by atoms with Crippen molar-refractivity contribution < 1.29 is 9.53 Å². The Bertz CT molecular complexity index is 604. The van der Waals surface area contributed by atoms with Crippen LogP contribution in [0.2, 0.25) is 0 Å². The molecule has 0 fully saturated rings. The molecule has 1 aromatic carbocycles. The maximum atomic E-state index is 11.9. The Balaban J connectivity index is 2.03. The van der Waals surface area contributed by atoms with Crippen LogP contribution in [0, 0.1) is 0 Å². The summed E-state index contributed by atoms with van der Waals surface area (Å²) >= 11 is 3.37. The summed E-state index contributed by atoms with van der Waals surface area (Å²) < 4.78 is 5.86. The van der Waals surface area contributed by atoms with E-state index in [1.165, 1.54) is 0 Å². The van der Waals surface area contributed by atoms with Crippen LogP contribution in [0.15, 0.2) is 41.0 Å². The number of ether oxygens (including phenoxy) is 1. The van der Waals surface area contributed by atoms with Crippen molar-refractivity contribution in [2.45, 2.75) is 0 Å². The zero-order valence-corrected chi connectivity index (χ0v) is 13.1. The van der Waals surface area contributed by atoms with E-state index in [9.17, 15) is 4.79 Å². The molecule has 0 atom stereocenters. The van der Waals surface area contributed by atoms with Gasteiger partial charge in [0.05, 0.1) is 6.61 Å². The van der Waals surface area contributed by atoms with Gasteiger partial charge in [-0.2, -0.15) is 0 Å². The summed E-state index contributed by atoms with van der Waals surface area (Å²) in [4.78, 5) is 20.2. The fourth-order valence-electron chi connectivity index (χ4n) is 1.56. The van der Waals surface area contributed by atoms with E-state index in [4.69, 9.17) is 4.74 Å². The van der Waals surface area contributed by atoms with Crippen LogP contribution in [-0.2, 0) is 4.74 Å². The van der Waals surface area contributed by atoms with E-state index in [2.05, 4.69) is 36.5 Å². The first-order valence-corrected chi connectivity index (χ1v) is 7.11. The van der Waals surface area contributed by atoms with Crippen LogP contribution in [0.25, 0.3) is 0 Å². The largest absolute Gasteiger partial charge is 0.383 e. The third kappa shape index (κ3) is 4.80. The molecule has 0 aliphatic rings. The molecular weight excluding hydrogens is 336 g/mol. The first-order chi connectivity index (χ1) is 10.2. The number of anilines is 2. The molecule has 0 bridgehead atoms. The zero-order chi connectivity index (χ0) is 15.1. The molecule has 1 heterocycles. The molecule has 7 heteroatoms. The van der Waals surface area contributed by atoms with E-state index in [-0.39, 0.29) is 5.91 Å². The van der Waals surface area contributed by atoms with Gasteiger partial charge in [0.15, 0.2) is 0 Å². The number of halogens is 1. The number of aromatic nitrogens is 2. The summed E-state index contributed by atoms with van der Waals surface area (Å²) in [6.45, 7) is 0.898. The third-order valence-electron chi connectivity index (χ3n) is 2.58. The third-order valence-corrected chi connectivity index (χ3v) is 3.11. The molecule has 0 radical (unpaired) electrons. The van der Waals surface area contributed by atoms with Crippen LogP contribution in [-0.4, -0.2) is 36.1 Å². The van der Waals surface area contributed by atoms with Gasteiger partial charge in [-0.3, -0.25) is 4.79 Å². The average molecular weight is 351 g/mol. The van der Waals surface area contributed by atoms with Gasteiger partial charge >= 0.3 is 0 Å². The van der Waals surface area contributed by atoms with Crippen molar-refractivity contribution in [1.29, 1.82) is 0 Å². The van der Waals surface area contributed by atoms with E-state index >= 15 is 0 Å². The highest BCUT2D eigenvalue weighted by atomic mass is 79.9. The normalized spacial score (nSPS) is 10.2. The van der Waals surface area contributed by atoms with Crippen molar-refractivity contribution in [3.05, 3.63) is 46.7 Å². The maximum Gasteiger partial charge on any atom is 0.270 e. The Kier molecular flexibility index (Phi) is 5.65. The Morgan fingerprint density at radius 3 is 2.76 bits per heavy atom. The zero-order valence-electron chi connectivity index (χ0n) is 11.5. The van der Waals surface area contributed by atoms with Crippen molar-refractivity contribution in [3.8, 4) is 0 Å². The Labute approximate surface area is 131 Å². The SMILES string of the molecule is COCCNC(=O)c1ccnc(Nc2ccc(Br)cc2)n1. The first kappa shape index (κ1) is 15.4. The quantitative estimate of drug-likeness (QED) is 0.782. The number of rotatable bonds is 6. The highest BCUT2D eigenvalue weighted by Gasteiger charge is 2.08. The Morgan fingerprint density at radius 1 is 1.29 bits per heavy atom. The summed E-state index contributed by atoms with van der Waals surface area (Å²) in [5.74, 6) is 0.116. The van der Waals surface area contributed by atoms with Gasteiger partial charge in [-0.05, 0) is 30.3 Å². The topological polar surface area (TPSA) is 76.1 Å². The second-order valence-electron chi connectivity index (χ2n) is 4.15. The summed E-state index contributed by atoms with van der Waals surface area (Å²) in [6.07, 6.45) is 1.54. The molecule has 1 aromatic heterocycles. The molecule has 2 N–H and O–H groups in total. The molecule has 1 amide bonds. The molecule has 110 valence electrons. The molecule has 2 aromatic rings. The fourth-order valence-corrected chi connectivity index (χ4v) is 1.83. The number of nitrogens with one attached hydrogen (secondary N) is 2. The summed E-state index contributed by atoms with van der Waals surface area (Å²) in [5, 5.41) is 5.76. The molecule has 6 nitrogen and oxygen atoms in total. The second kappa shape index (κ2) is 7.70. The van der Waals surface area contributed by atoms with Crippen molar-refractivity contribution in [2.24, 2.45) is 0 Å². The van der Waals surface area contributed by atoms with Crippen molar-refractivity contribution in [3.63, 3.8) is 0 Å². The monoisotopic (exact) mass is 350 g/mol. The Hall–Kier alpha value is -1.99. The lowest BCUT2D eigenvalue weighted by Crippen LogP contribution is -2.27. The van der Waals surface area contributed by atoms with E-state index in [1.54, 1.807) is 19.4 Å². The first-order valence-electron chi connectivity index (χ1n) is 6.32. The standard InChI is InChI=1S/C14H15BrN4O2/c1-21-9-8-16-13(20)12-6-7-17-14(19-12)18-11-4-2-10(15)3-5-11/h2-7H,8-9H2,1H3,(H,16,20)(H,17,18,19). The lowest BCUT2D eigenvalue weighted by Gasteiger charge is -2.07. The number of carbonyl (C=O) groups is 1. The summed E-state index contributed by atoms with van der Waals surface area (Å²) in [6, 6.07) is 9.15. The van der Waals surface area contributed by atoms with E-state index in [0.717, 1.165) is 10.2 Å². The second-order valence-corrected chi connectivity index (χ2v) is 5.06. The summed E-state index contributed by atoms with van der Waals surface area (Å²) in [7, 11) is 1.58. The number of carbonyl (C=O) groups excluding carboxylic acids is 1. The van der Waals surface area contributed by atoms with E-state index in [1.807, 2.05) is 24.3 Å². The minimum absolute atomic E-state index is 0.256. The van der Waals surface area contributed by atoms with Crippen LogP contribution < -0.4 is 10.6 Å². The number of nitrogens with zero attached hydrogens (tertiary/aromatic N) is 2. The van der Waals surface area contributed by atoms with Gasteiger partial charge in [0.25, 0.3) is 5.91 Å². The lowest BCUT2D eigenvalue weighted by atomic mass is 10.3. The van der Waals surface area contributed by atoms with Crippen molar-refractivity contribution >= 4 is 33.5 Å². The minimum atomic E-state index is -0.256. The van der Waals surface area contributed by atoms with Gasteiger partial charge in [0.2, 0.25) is 5.95 Å². The highest BCUT2D eigenvalue weighted by Crippen LogP contribution is 2.16. The number of amides is 1. The van der Waals surface area contributed by atoms with Crippen LogP contribution in [0.1, 0.15) is 10.5 Å².